The number of aromatic nitrogens is 3. The second-order valence-electron chi connectivity index (χ2n) is 9.19. The molecule has 10 heteroatoms. The zero-order valence-electron chi connectivity index (χ0n) is 20.8. The average Bonchev–Trinajstić information content (AvgIpc) is 2.86. The third-order valence-corrected chi connectivity index (χ3v) is 6.40. The number of ether oxygens (including phenoxy) is 2. The van der Waals surface area contributed by atoms with Crippen molar-refractivity contribution in [3.05, 3.63) is 66.5 Å². The summed E-state index contributed by atoms with van der Waals surface area (Å²) < 4.78 is 37.8. The highest BCUT2D eigenvalue weighted by atomic mass is 19.3. The first-order chi connectivity index (χ1) is 17.9. The molecule has 8 nitrogen and oxygen atoms in total. The Morgan fingerprint density at radius 3 is 2.54 bits per heavy atom. The summed E-state index contributed by atoms with van der Waals surface area (Å²) in [7, 11) is 5.77. The van der Waals surface area contributed by atoms with Crippen molar-refractivity contribution in [1.29, 1.82) is 0 Å². The molecule has 5 rings (SSSR count). The number of benzene rings is 2. The van der Waals surface area contributed by atoms with Crippen LogP contribution in [0.25, 0.3) is 10.9 Å². The minimum Gasteiger partial charge on any atom is -0.493 e. The molecule has 192 valence electrons. The van der Waals surface area contributed by atoms with Crippen molar-refractivity contribution in [2.75, 3.05) is 31.8 Å². The van der Waals surface area contributed by atoms with E-state index < -0.39 is 6.43 Å². The van der Waals surface area contributed by atoms with E-state index in [9.17, 15) is 8.78 Å². The van der Waals surface area contributed by atoms with E-state index in [1.54, 1.807) is 37.7 Å². The third-order valence-electron chi connectivity index (χ3n) is 6.40. The van der Waals surface area contributed by atoms with Gasteiger partial charge in [0.05, 0.1) is 24.5 Å². The van der Waals surface area contributed by atoms with Gasteiger partial charge in [0.15, 0.2) is 11.5 Å². The molecule has 2 aromatic carbocycles. The molecule has 1 aliphatic rings. The number of nitrogens with zero attached hydrogens (tertiary/aromatic N) is 4. The highest BCUT2D eigenvalue weighted by molar-refractivity contribution is 5.83. The van der Waals surface area contributed by atoms with Crippen LogP contribution in [0.3, 0.4) is 0 Å². The molecule has 2 aromatic heterocycles. The Bertz CT molecular complexity index is 1390. The number of hydrogen-bond donors (Lipinski definition) is 2. The topological polar surface area (TPSA) is 84.4 Å². The molecule has 4 aromatic rings. The maximum absolute atomic E-state index is 13.1. The number of methoxy groups -OCH3 is 1. The number of nitrogens with one attached hydrogen (secondary N) is 2. The Labute approximate surface area is 213 Å². The quantitative estimate of drug-likeness (QED) is 0.289. The van der Waals surface area contributed by atoms with Crippen molar-refractivity contribution >= 4 is 34.0 Å². The highest BCUT2D eigenvalue weighted by Gasteiger charge is 2.32. The van der Waals surface area contributed by atoms with E-state index in [0.717, 1.165) is 18.5 Å². The van der Waals surface area contributed by atoms with Crippen LogP contribution in [-0.4, -0.2) is 53.2 Å². The normalized spacial score (nSPS) is 17.1. The fourth-order valence-electron chi connectivity index (χ4n) is 4.20. The van der Waals surface area contributed by atoms with Crippen LogP contribution in [0.4, 0.5) is 31.9 Å². The van der Waals surface area contributed by atoms with Crippen LogP contribution < -0.4 is 20.1 Å². The van der Waals surface area contributed by atoms with Gasteiger partial charge in [-0.25, -0.2) is 13.8 Å². The molecule has 0 amide bonds. The number of pyridine rings is 1. The van der Waals surface area contributed by atoms with Gasteiger partial charge in [0.25, 0.3) is 6.43 Å². The maximum Gasteiger partial charge on any atom is 0.263 e. The summed E-state index contributed by atoms with van der Waals surface area (Å²) in [5.74, 6) is 2.22. The van der Waals surface area contributed by atoms with Crippen molar-refractivity contribution in [2.24, 2.45) is 0 Å². The van der Waals surface area contributed by atoms with Gasteiger partial charge in [-0.3, -0.25) is 4.98 Å². The lowest BCUT2D eigenvalue weighted by atomic mass is 9.88. The first-order valence-corrected chi connectivity index (χ1v) is 11.9. The van der Waals surface area contributed by atoms with E-state index in [0.29, 0.717) is 45.9 Å². The van der Waals surface area contributed by atoms with Gasteiger partial charge in [0, 0.05) is 34.9 Å². The van der Waals surface area contributed by atoms with Crippen molar-refractivity contribution in [1.82, 2.24) is 19.9 Å². The van der Waals surface area contributed by atoms with Crippen LogP contribution in [0.2, 0.25) is 0 Å². The van der Waals surface area contributed by atoms with E-state index in [2.05, 4.69) is 44.6 Å². The van der Waals surface area contributed by atoms with Crippen LogP contribution in [0.5, 0.6) is 11.5 Å². The number of alkyl halides is 2. The summed E-state index contributed by atoms with van der Waals surface area (Å²) in [5.41, 5.74) is 1.96. The Morgan fingerprint density at radius 1 is 0.946 bits per heavy atom. The van der Waals surface area contributed by atoms with Crippen molar-refractivity contribution in [3.63, 3.8) is 0 Å². The van der Waals surface area contributed by atoms with Gasteiger partial charge < -0.3 is 25.0 Å². The first kappa shape index (κ1) is 24.6. The summed E-state index contributed by atoms with van der Waals surface area (Å²) in [6, 6.07) is 14.0. The predicted octanol–water partition coefficient (Wildman–Crippen LogP) is 5.93. The van der Waals surface area contributed by atoms with Crippen LogP contribution in [0.15, 0.2) is 60.9 Å². The number of halogens is 2. The molecule has 0 radical (unpaired) electrons. The number of hydrogen-bond acceptors (Lipinski definition) is 8. The molecule has 1 fully saturated rings. The van der Waals surface area contributed by atoms with Gasteiger partial charge in [0.1, 0.15) is 11.9 Å². The number of anilines is 4. The molecule has 1 saturated carbocycles. The monoisotopic (exact) mass is 506 g/mol. The Kier molecular flexibility index (Phi) is 7.00. The van der Waals surface area contributed by atoms with Gasteiger partial charge in [0.2, 0.25) is 5.95 Å². The maximum atomic E-state index is 13.1. The van der Waals surface area contributed by atoms with Gasteiger partial charge in [-0.1, -0.05) is 6.07 Å². The predicted molar refractivity (Wildman–Crippen MR) is 139 cm³/mol. The Morgan fingerprint density at radius 2 is 1.78 bits per heavy atom. The molecule has 0 unspecified atom stereocenters. The molecule has 0 bridgehead atoms. The zero-order valence-corrected chi connectivity index (χ0v) is 20.8. The molecule has 0 spiro atoms. The summed E-state index contributed by atoms with van der Waals surface area (Å²) in [4.78, 5) is 15.4. The van der Waals surface area contributed by atoms with Crippen LogP contribution >= 0.6 is 0 Å². The van der Waals surface area contributed by atoms with Crippen LogP contribution in [-0.2, 0) is 0 Å². The highest BCUT2D eigenvalue weighted by Crippen LogP contribution is 2.36. The lowest BCUT2D eigenvalue weighted by Crippen LogP contribution is -2.46. The average molecular weight is 507 g/mol. The van der Waals surface area contributed by atoms with E-state index in [-0.39, 0.29) is 11.7 Å². The van der Waals surface area contributed by atoms with Gasteiger partial charge in [-0.05, 0) is 63.3 Å². The number of fused-ring (bicyclic) bond motifs is 1. The number of rotatable bonds is 9. The fourth-order valence-corrected chi connectivity index (χ4v) is 4.20. The van der Waals surface area contributed by atoms with Crippen molar-refractivity contribution < 1.29 is 18.3 Å². The minimum atomic E-state index is -2.54. The Balaban J connectivity index is 1.27. The second kappa shape index (κ2) is 10.5. The lowest BCUT2D eigenvalue weighted by molar-refractivity contribution is 0.0383. The molecule has 0 aliphatic heterocycles. The second-order valence-corrected chi connectivity index (χ2v) is 9.19. The van der Waals surface area contributed by atoms with Crippen molar-refractivity contribution in [3.8, 4) is 11.5 Å². The zero-order chi connectivity index (χ0) is 25.9. The summed E-state index contributed by atoms with van der Waals surface area (Å²) in [6.07, 6.45) is 2.87. The SMILES string of the molecule is COc1cc(Nc2nccc(Nc3cnc4ccc(C(F)F)cc4c3)n2)ccc1OC1CC(N(C)C)C1. The largest absolute Gasteiger partial charge is 0.493 e. The van der Waals surface area contributed by atoms with E-state index in [1.165, 1.54) is 12.1 Å². The smallest absolute Gasteiger partial charge is 0.263 e. The third kappa shape index (κ3) is 5.69. The molecule has 0 atom stereocenters. The molecule has 37 heavy (non-hydrogen) atoms. The van der Waals surface area contributed by atoms with Crippen LogP contribution in [0.1, 0.15) is 24.8 Å². The molecule has 2 N–H and O–H groups in total. The minimum absolute atomic E-state index is 0.0442. The standard InChI is InChI=1S/C27H28F2N6O2/c1-35(2)20-13-21(14-20)37-23-7-5-18(12-24(23)36-3)33-27-30-9-8-25(34-27)32-19-11-17-10-16(26(28)29)4-6-22(17)31-15-19/h4-12,15,20-21,26H,13-14H2,1-3H3,(H2,30,32,33,34). The molecular formula is C27H28F2N6O2. The Hall–Kier alpha value is -4.05. The van der Waals surface area contributed by atoms with Gasteiger partial charge in [-0.15, -0.1) is 0 Å². The summed E-state index contributed by atoms with van der Waals surface area (Å²) in [5, 5.41) is 6.96. The fraction of sp³-hybridized carbons (Fsp3) is 0.296. The summed E-state index contributed by atoms with van der Waals surface area (Å²) >= 11 is 0. The molecule has 2 heterocycles. The summed E-state index contributed by atoms with van der Waals surface area (Å²) in [6.45, 7) is 0. The molecular weight excluding hydrogens is 478 g/mol. The van der Waals surface area contributed by atoms with E-state index >= 15 is 0 Å². The van der Waals surface area contributed by atoms with E-state index in [1.807, 2.05) is 18.2 Å². The molecule has 1 aliphatic carbocycles. The van der Waals surface area contributed by atoms with Gasteiger partial charge in [-0.2, -0.15) is 4.98 Å². The first-order valence-electron chi connectivity index (χ1n) is 11.9. The van der Waals surface area contributed by atoms with E-state index in [4.69, 9.17) is 9.47 Å². The van der Waals surface area contributed by atoms with Gasteiger partial charge >= 0.3 is 0 Å². The van der Waals surface area contributed by atoms with Crippen molar-refractivity contribution in [2.45, 2.75) is 31.4 Å². The van der Waals surface area contributed by atoms with Crippen LogP contribution in [0, 0.1) is 0 Å². The molecule has 0 saturated heterocycles. The lowest BCUT2D eigenvalue weighted by Gasteiger charge is -2.39.